The van der Waals surface area contributed by atoms with Gasteiger partial charge in [-0.1, -0.05) is 37.7 Å². The number of nitrogen functional groups attached to an aromatic ring is 1. The van der Waals surface area contributed by atoms with Gasteiger partial charge in [-0.15, -0.1) is 10.2 Å². The van der Waals surface area contributed by atoms with Gasteiger partial charge in [0.15, 0.2) is 5.82 Å². The largest absolute Gasteiger partial charge is 0.342 e. The number of benzene rings is 1. The van der Waals surface area contributed by atoms with Crippen molar-refractivity contribution in [1.29, 1.82) is 0 Å². The van der Waals surface area contributed by atoms with Crippen LogP contribution in [0.15, 0.2) is 34.3 Å². The van der Waals surface area contributed by atoms with E-state index >= 15 is 0 Å². The number of likely N-dealkylation sites (tertiary alicyclic amines) is 1. The number of carbonyl (C=O) groups is 1. The molecule has 1 atom stereocenters. The Morgan fingerprint density at radius 2 is 1.90 bits per heavy atom. The van der Waals surface area contributed by atoms with Gasteiger partial charge in [-0.25, -0.2) is 13.1 Å². The molecule has 1 aromatic carbocycles. The van der Waals surface area contributed by atoms with Crippen molar-refractivity contribution in [3.63, 3.8) is 0 Å². The van der Waals surface area contributed by atoms with Gasteiger partial charge in [0.2, 0.25) is 21.1 Å². The minimum Gasteiger partial charge on any atom is -0.342 e. The molecule has 2 heterocycles. The summed E-state index contributed by atoms with van der Waals surface area (Å²) >= 11 is 1.25. The molecule has 1 fully saturated rings. The van der Waals surface area contributed by atoms with Crippen molar-refractivity contribution >= 4 is 27.7 Å². The number of rotatable bonds is 8. The smallest absolute Gasteiger partial charge is 0.243 e. The maximum atomic E-state index is 12.8. The summed E-state index contributed by atoms with van der Waals surface area (Å²) in [7, 11) is -3.60. The van der Waals surface area contributed by atoms with E-state index in [1.165, 1.54) is 20.7 Å². The lowest BCUT2D eigenvalue weighted by Gasteiger charge is -2.19. The fourth-order valence-electron chi connectivity index (χ4n) is 3.47. The van der Waals surface area contributed by atoms with Crippen LogP contribution in [0.4, 0.5) is 0 Å². The lowest BCUT2D eigenvalue weighted by atomic mass is 10.2. The lowest BCUT2D eigenvalue weighted by Crippen LogP contribution is -2.34. The van der Waals surface area contributed by atoms with E-state index in [4.69, 9.17) is 5.84 Å². The van der Waals surface area contributed by atoms with Crippen molar-refractivity contribution in [1.82, 2.24) is 24.1 Å². The van der Waals surface area contributed by atoms with Gasteiger partial charge in [-0.2, -0.15) is 4.31 Å². The van der Waals surface area contributed by atoms with E-state index in [0.717, 1.165) is 25.9 Å². The van der Waals surface area contributed by atoms with Crippen LogP contribution >= 0.6 is 11.8 Å². The maximum Gasteiger partial charge on any atom is 0.243 e. The van der Waals surface area contributed by atoms with Crippen molar-refractivity contribution in [3.05, 3.63) is 24.3 Å². The van der Waals surface area contributed by atoms with Crippen LogP contribution in [0.5, 0.6) is 0 Å². The zero-order chi connectivity index (χ0) is 21.9. The molecule has 1 amide bonds. The standard InChI is InChI=1S/C19H28N6O3S2/c1-4-24(5-2)30(27,28)16-10-8-9-15(13-16)17-21-22-19(25(17)20)29-14(3)18(26)23-11-6-7-12-23/h8-10,13-14H,4-7,11-12,20H2,1-3H3. The second-order valence-corrected chi connectivity index (χ2v) is 10.3. The van der Waals surface area contributed by atoms with Gasteiger partial charge in [0, 0.05) is 31.7 Å². The Kier molecular flexibility index (Phi) is 7.04. The molecular weight excluding hydrogens is 424 g/mol. The lowest BCUT2D eigenvalue weighted by molar-refractivity contribution is -0.129. The van der Waals surface area contributed by atoms with Gasteiger partial charge in [0.1, 0.15) is 0 Å². The topological polar surface area (TPSA) is 114 Å². The number of sulfonamides is 1. The number of aromatic nitrogens is 3. The average molecular weight is 453 g/mol. The van der Waals surface area contributed by atoms with Crippen molar-refractivity contribution < 1.29 is 13.2 Å². The van der Waals surface area contributed by atoms with Crippen LogP contribution in [-0.2, 0) is 14.8 Å². The first-order valence-electron chi connectivity index (χ1n) is 10.1. The third kappa shape index (κ3) is 4.47. The summed E-state index contributed by atoms with van der Waals surface area (Å²) < 4.78 is 28.3. The quantitative estimate of drug-likeness (QED) is 0.480. The highest BCUT2D eigenvalue weighted by atomic mass is 32.2. The van der Waals surface area contributed by atoms with Crippen molar-refractivity contribution in [3.8, 4) is 11.4 Å². The molecule has 1 unspecified atom stereocenters. The van der Waals surface area contributed by atoms with Crippen molar-refractivity contribution in [2.24, 2.45) is 0 Å². The summed E-state index contributed by atoms with van der Waals surface area (Å²) in [6.07, 6.45) is 2.07. The van der Waals surface area contributed by atoms with Crippen LogP contribution in [0.3, 0.4) is 0 Å². The highest BCUT2D eigenvalue weighted by molar-refractivity contribution is 8.00. The van der Waals surface area contributed by atoms with E-state index in [0.29, 0.717) is 29.6 Å². The van der Waals surface area contributed by atoms with Crippen molar-refractivity contribution in [2.45, 2.75) is 48.9 Å². The normalized spacial score (nSPS) is 15.7. The number of thioether (sulfide) groups is 1. The van der Waals surface area contributed by atoms with Crippen LogP contribution in [0.1, 0.15) is 33.6 Å². The van der Waals surface area contributed by atoms with E-state index < -0.39 is 10.0 Å². The predicted molar refractivity (Wildman–Crippen MR) is 117 cm³/mol. The molecule has 9 nitrogen and oxygen atoms in total. The highest BCUT2D eigenvalue weighted by Crippen LogP contribution is 2.28. The zero-order valence-electron chi connectivity index (χ0n) is 17.5. The number of hydrogen-bond donors (Lipinski definition) is 1. The zero-order valence-corrected chi connectivity index (χ0v) is 19.1. The number of carbonyl (C=O) groups excluding carboxylic acids is 1. The second kappa shape index (κ2) is 9.36. The SMILES string of the molecule is CCN(CC)S(=O)(=O)c1cccc(-c2nnc(SC(C)C(=O)N3CCCC3)n2N)c1. The minimum atomic E-state index is -3.60. The number of hydrogen-bond acceptors (Lipinski definition) is 7. The third-order valence-corrected chi connectivity index (χ3v) is 8.24. The molecule has 30 heavy (non-hydrogen) atoms. The molecule has 1 aliphatic rings. The fourth-order valence-corrected chi connectivity index (χ4v) is 5.82. The van der Waals surface area contributed by atoms with Gasteiger partial charge in [0.25, 0.3) is 0 Å². The number of nitrogens with zero attached hydrogens (tertiary/aromatic N) is 5. The Labute approximate surface area is 181 Å². The van der Waals surface area contributed by atoms with Gasteiger partial charge in [0.05, 0.1) is 10.1 Å². The third-order valence-electron chi connectivity index (χ3n) is 5.15. The van der Waals surface area contributed by atoms with Crippen LogP contribution in [0.25, 0.3) is 11.4 Å². The second-order valence-electron chi connectivity index (χ2n) is 7.09. The monoisotopic (exact) mass is 452 g/mol. The Hall–Kier alpha value is -2.11. The first kappa shape index (κ1) is 22.6. The van der Waals surface area contributed by atoms with E-state index in [1.54, 1.807) is 38.1 Å². The molecule has 0 saturated carbocycles. The highest BCUT2D eigenvalue weighted by Gasteiger charge is 2.27. The average Bonchev–Trinajstić information content (AvgIpc) is 3.39. The first-order chi connectivity index (χ1) is 14.3. The minimum absolute atomic E-state index is 0.0642. The van der Waals surface area contributed by atoms with E-state index in [-0.39, 0.29) is 16.1 Å². The Balaban J connectivity index is 1.83. The van der Waals surface area contributed by atoms with E-state index in [1.807, 2.05) is 11.8 Å². The van der Waals surface area contributed by atoms with Crippen molar-refractivity contribution in [2.75, 3.05) is 32.0 Å². The summed E-state index contributed by atoms with van der Waals surface area (Å²) in [5.74, 6) is 6.60. The van der Waals surface area contributed by atoms with Gasteiger partial charge in [-0.3, -0.25) is 4.79 Å². The molecule has 1 aliphatic heterocycles. The molecule has 0 bridgehead atoms. The maximum absolute atomic E-state index is 12.8. The molecule has 2 aromatic rings. The molecule has 1 aromatic heterocycles. The van der Waals surface area contributed by atoms with Crippen LogP contribution in [-0.4, -0.2) is 69.8 Å². The Morgan fingerprint density at radius 3 is 2.53 bits per heavy atom. The van der Waals surface area contributed by atoms with Crippen LogP contribution in [0, 0.1) is 0 Å². The molecule has 0 radical (unpaired) electrons. The molecular formula is C19H28N6O3S2. The summed E-state index contributed by atoms with van der Waals surface area (Å²) in [6.45, 7) is 7.79. The fraction of sp³-hybridized carbons (Fsp3) is 0.526. The Bertz CT molecular complexity index is 997. The first-order valence-corrected chi connectivity index (χ1v) is 12.4. The number of amides is 1. The van der Waals surface area contributed by atoms with E-state index in [2.05, 4.69) is 10.2 Å². The summed E-state index contributed by atoms with van der Waals surface area (Å²) in [4.78, 5) is 14.6. The Morgan fingerprint density at radius 1 is 1.23 bits per heavy atom. The molecule has 3 rings (SSSR count). The molecule has 0 spiro atoms. The molecule has 1 saturated heterocycles. The van der Waals surface area contributed by atoms with Crippen LogP contribution < -0.4 is 5.84 Å². The molecule has 164 valence electrons. The van der Waals surface area contributed by atoms with Crippen LogP contribution in [0.2, 0.25) is 0 Å². The van der Waals surface area contributed by atoms with Gasteiger partial charge < -0.3 is 10.7 Å². The number of nitrogens with two attached hydrogens (primary N) is 1. The predicted octanol–water partition coefficient (Wildman–Crippen LogP) is 1.79. The molecule has 0 aliphatic carbocycles. The molecule has 11 heteroatoms. The summed E-state index contributed by atoms with van der Waals surface area (Å²) in [5.41, 5.74) is 0.545. The van der Waals surface area contributed by atoms with Gasteiger partial charge in [-0.05, 0) is 31.9 Å². The van der Waals surface area contributed by atoms with E-state index in [9.17, 15) is 13.2 Å². The van der Waals surface area contributed by atoms with Gasteiger partial charge >= 0.3 is 0 Å². The summed E-state index contributed by atoms with van der Waals surface area (Å²) in [6, 6.07) is 6.50. The molecule has 2 N–H and O–H groups in total. The summed E-state index contributed by atoms with van der Waals surface area (Å²) in [5, 5.41) is 8.33.